The van der Waals surface area contributed by atoms with Crippen LogP contribution in [0.5, 0.6) is 0 Å². The van der Waals surface area contributed by atoms with Crippen molar-refractivity contribution in [2.45, 2.75) is 6.42 Å². The van der Waals surface area contributed by atoms with Crippen LogP contribution in [0.1, 0.15) is 12.0 Å². The summed E-state index contributed by atoms with van der Waals surface area (Å²) in [5, 5.41) is 14.6. The maximum absolute atomic E-state index is 12.0. The number of benzene rings is 2. The molecule has 0 bridgehead atoms. The van der Waals surface area contributed by atoms with Crippen LogP contribution in [0, 0.1) is 10.1 Å². The molecule has 0 unspecified atom stereocenters. The minimum atomic E-state index is -0.465. The van der Waals surface area contributed by atoms with E-state index in [4.69, 9.17) is 0 Å². The van der Waals surface area contributed by atoms with Crippen LogP contribution < -0.4 is 10.3 Å². The predicted molar refractivity (Wildman–Crippen MR) is 109 cm³/mol. The molecular weight excluding hydrogens is 358 g/mol. The number of anilines is 1. The van der Waals surface area contributed by atoms with Gasteiger partial charge in [0.05, 0.1) is 11.1 Å². The Labute approximate surface area is 163 Å². The van der Waals surface area contributed by atoms with Crippen molar-refractivity contribution >= 4 is 23.5 Å². The number of nitro benzene ring substituents is 1. The van der Waals surface area contributed by atoms with Crippen molar-refractivity contribution in [3.8, 4) is 0 Å². The number of carbonyl (C=O) groups is 1. The minimum absolute atomic E-state index is 0.00933. The van der Waals surface area contributed by atoms with Gasteiger partial charge in [-0.1, -0.05) is 30.3 Å². The molecule has 0 spiro atoms. The Hall–Kier alpha value is -3.26. The lowest BCUT2D eigenvalue weighted by atomic mass is 10.2. The first-order chi connectivity index (χ1) is 13.6. The van der Waals surface area contributed by atoms with E-state index in [0.717, 1.165) is 26.2 Å². The number of nitrogens with one attached hydrogen (secondary N) is 1. The molecule has 0 aromatic heterocycles. The van der Waals surface area contributed by atoms with Crippen LogP contribution in [0.15, 0.2) is 59.7 Å². The molecule has 1 aliphatic heterocycles. The third-order valence-corrected chi connectivity index (χ3v) is 4.63. The van der Waals surface area contributed by atoms with Crippen molar-refractivity contribution in [2.24, 2.45) is 5.10 Å². The third-order valence-electron chi connectivity index (χ3n) is 4.63. The minimum Gasteiger partial charge on any atom is -0.369 e. The zero-order valence-corrected chi connectivity index (χ0v) is 15.5. The van der Waals surface area contributed by atoms with Gasteiger partial charge in [0.25, 0.3) is 5.69 Å². The molecule has 8 heteroatoms. The quantitative estimate of drug-likeness (QED) is 0.451. The largest absolute Gasteiger partial charge is 0.369 e. The topological polar surface area (TPSA) is 91.1 Å². The lowest BCUT2D eigenvalue weighted by Crippen LogP contribution is -2.47. The van der Waals surface area contributed by atoms with Crippen molar-refractivity contribution < 1.29 is 9.72 Å². The number of nitrogens with zero attached hydrogens (tertiary/aromatic N) is 4. The van der Waals surface area contributed by atoms with E-state index in [2.05, 4.69) is 32.5 Å². The first kappa shape index (κ1) is 19.5. The second kappa shape index (κ2) is 9.61. The summed E-state index contributed by atoms with van der Waals surface area (Å²) < 4.78 is 0. The first-order valence-electron chi connectivity index (χ1n) is 9.20. The van der Waals surface area contributed by atoms with E-state index in [0.29, 0.717) is 18.5 Å². The highest BCUT2D eigenvalue weighted by atomic mass is 16.6. The smallest absolute Gasteiger partial charge is 0.270 e. The maximum atomic E-state index is 12.0. The highest BCUT2D eigenvalue weighted by Crippen LogP contribution is 2.15. The molecule has 8 nitrogen and oxygen atoms in total. The van der Waals surface area contributed by atoms with Gasteiger partial charge < -0.3 is 4.90 Å². The van der Waals surface area contributed by atoms with Gasteiger partial charge in [-0.15, -0.1) is 0 Å². The van der Waals surface area contributed by atoms with Crippen LogP contribution in [0.2, 0.25) is 0 Å². The number of piperazine rings is 1. The van der Waals surface area contributed by atoms with Crippen molar-refractivity contribution in [2.75, 3.05) is 37.6 Å². The van der Waals surface area contributed by atoms with E-state index in [-0.39, 0.29) is 11.6 Å². The average molecular weight is 381 g/mol. The number of hydrogen-bond donors (Lipinski definition) is 1. The Balaban J connectivity index is 1.38. The number of hydrazone groups is 1. The summed E-state index contributed by atoms with van der Waals surface area (Å²) in [6.45, 7) is 4.40. The first-order valence-corrected chi connectivity index (χ1v) is 9.20. The van der Waals surface area contributed by atoms with Gasteiger partial charge in [0, 0.05) is 62.5 Å². The summed E-state index contributed by atoms with van der Waals surface area (Å²) in [4.78, 5) is 26.9. The molecule has 146 valence electrons. The number of carbonyl (C=O) groups excluding carboxylic acids is 1. The van der Waals surface area contributed by atoms with Gasteiger partial charge >= 0.3 is 0 Å². The highest BCUT2D eigenvalue weighted by Gasteiger charge is 2.17. The average Bonchev–Trinajstić information content (AvgIpc) is 2.73. The molecule has 2 aromatic rings. The van der Waals surface area contributed by atoms with Gasteiger partial charge in [-0.3, -0.25) is 19.8 Å². The number of rotatable bonds is 7. The van der Waals surface area contributed by atoms with Crippen molar-refractivity contribution in [3.63, 3.8) is 0 Å². The number of non-ortho nitro benzene ring substituents is 1. The zero-order valence-electron chi connectivity index (χ0n) is 15.5. The fourth-order valence-corrected chi connectivity index (χ4v) is 3.08. The molecule has 1 fully saturated rings. The van der Waals surface area contributed by atoms with Gasteiger partial charge in [0.15, 0.2) is 0 Å². The summed E-state index contributed by atoms with van der Waals surface area (Å²) >= 11 is 0. The molecule has 1 amide bonds. The third kappa shape index (κ3) is 5.62. The zero-order chi connectivity index (χ0) is 19.8. The Morgan fingerprint density at radius 1 is 1.11 bits per heavy atom. The van der Waals surface area contributed by atoms with E-state index in [9.17, 15) is 14.9 Å². The Morgan fingerprint density at radius 3 is 2.57 bits per heavy atom. The molecule has 0 aliphatic carbocycles. The monoisotopic (exact) mass is 381 g/mol. The van der Waals surface area contributed by atoms with Gasteiger partial charge in [0.1, 0.15) is 0 Å². The second-order valence-electron chi connectivity index (χ2n) is 6.56. The van der Waals surface area contributed by atoms with Crippen molar-refractivity contribution in [1.82, 2.24) is 10.3 Å². The molecule has 2 aromatic carbocycles. The standard InChI is InChI=1S/C20H23N5O3/c26-20(22-21-16-17-5-4-8-19(15-17)25(27)28)9-10-23-11-13-24(14-12-23)18-6-2-1-3-7-18/h1-8,15-16H,9-14H2,(H,22,26)/b21-16+. The fourth-order valence-electron chi connectivity index (χ4n) is 3.08. The summed E-state index contributed by atoms with van der Waals surface area (Å²) in [5.41, 5.74) is 4.26. The number of amides is 1. The van der Waals surface area contributed by atoms with Crippen LogP contribution in [-0.2, 0) is 4.79 Å². The summed E-state index contributed by atoms with van der Waals surface area (Å²) in [6.07, 6.45) is 1.77. The summed E-state index contributed by atoms with van der Waals surface area (Å²) in [7, 11) is 0. The van der Waals surface area contributed by atoms with Gasteiger partial charge in [-0.05, 0) is 12.1 Å². The van der Waals surface area contributed by atoms with Crippen LogP contribution >= 0.6 is 0 Å². The van der Waals surface area contributed by atoms with E-state index in [1.807, 2.05) is 18.2 Å². The van der Waals surface area contributed by atoms with Crippen LogP contribution in [0.4, 0.5) is 11.4 Å². The molecule has 0 saturated carbocycles. The highest BCUT2D eigenvalue weighted by molar-refractivity contribution is 5.83. The van der Waals surface area contributed by atoms with Gasteiger partial charge in [-0.2, -0.15) is 5.10 Å². The number of para-hydroxylation sites is 1. The molecular formula is C20H23N5O3. The molecule has 28 heavy (non-hydrogen) atoms. The molecule has 3 rings (SSSR count). The molecule has 0 atom stereocenters. The number of nitro groups is 1. The van der Waals surface area contributed by atoms with Crippen LogP contribution in [-0.4, -0.2) is 54.7 Å². The fraction of sp³-hybridized carbons (Fsp3) is 0.300. The summed E-state index contributed by atoms with van der Waals surface area (Å²) in [6, 6.07) is 16.4. The molecule has 0 radical (unpaired) electrons. The lowest BCUT2D eigenvalue weighted by molar-refractivity contribution is -0.384. The van der Waals surface area contributed by atoms with E-state index >= 15 is 0 Å². The Morgan fingerprint density at radius 2 is 1.86 bits per heavy atom. The van der Waals surface area contributed by atoms with Gasteiger partial charge in [0.2, 0.25) is 5.91 Å². The van der Waals surface area contributed by atoms with Crippen molar-refractivity contribution in [1.29, 1.82) is 0 Å². The lowest BCUT2D eigenvalue weighted by Gasteiger charge is -2.36. The van der Waals surface area contributed by atoms with Crippen molar-refractivity contribution in [3.05, 3.63) is 70.3 Å². The van der Waals surface area contributed by atoms with E-state index < -0.39 is 4.92 Å². The molecule has 1 N–H and O–H groups in total. The maximum Gasteiger partial charge on any atom is 0.270 e. The second-order valence-corrected chi connectivity index (χ2v) is 6.56. The Bertz CT molecular complexity index is 833. The SMILES string of the molecule is O=C(CCN1CCN(c2ccccc2)CC1)N/N=C/c1cccc([N+](=O)[O-])c1. The van der Waals surface area contributed by atoms with E-state index in [1.54, 1.807) is 12.1 Å². The predicted octanol–water partition coefficient (Wildman–Crippen LogP) is 2.26. The normalized spacial score (nSPS) is 14.9. The van der Waals surface area contributed by atoms with E-state index in [1.165, 1.54) is 24.0 Å². The molecule has 1 aliphatic rings. The Kier molecular flexibility index (Phi) is 6.69. The molecule has 1 saturated heterocycles. The van der Waals surface area contributed by atoms with Crippen LogP contribution in [0.3, 0.4) is 0 Å². The number of hydrogen-bond acceptors (Lipinski definition) is 6. The van der Waals surface area contributed by atoms with Crippen LogP contribution in [0.25, 0.3) is 0 Å². The summed E-state index contributed by atoms with van der Waals surface area (Å²) in [5.74, 6) is -0.174. The molecule has 1 heterocycles. The van der Waals surface area contributed by atoms with Gasteiger partial charge in [-0.25, -0.2) is 5.43 Å².